The third-order valence-corrected chi connectivity index (χ3v) is 3.02. The molecule has 0 amide bonds. The van der Waals surface area contributed by atoms with Gasteiger partial charge in [-0.3, -0.25) is 4.98 Å². The zero-order valence-electron chi connectivity index (χ0n) is 10.3. The van der Waals surface area contributed by atoms with E-state index in [1.165, 1.54) is 19.1 Å². The summed E-state index contributed by atoms with van der Waals surface area (Å²) in [4.78, 5) is 4.02. The van der Waals surface area contributed by atoms with E-state index in [-0.39, 0.29) is 5.56 Å². The quantitative estimate of drug-likeness (QED) is 0.933. The molecule has 3 nitrogen and oxygen atoms in total. The molecule has 1 aromatic carbocycles. The average Bonchev–Trinajstić information content (AvgIpc) is 2.36. The van der Waals surface area contributed by atoms with Crippen LogP contribution < -0.4 is 4.74 Å². The largest absolute Gasteiger partial charge is 0.489 e. The monoisotopic (exact) mass is 325 g/mol. The first-order valence-electron chi connectivity index (χ1n) is 5.76. The molecule has 0 aliphatic rings. The van der Waals surface area contributed by atoms with Crippen LogP contribution >= 0.6 is 15.9 Å². The summed E-state index contributed by atoms with van der Waals surface area (Å²) < 4.78 is 20.0. The maximum absolute atomic E-state index is 13.6. The Hall–Kier alpha value is -1.46. The van der Waals surface area contributed by atoms with Gasteiger partial charge in [-0.25, -0.2) is 4.39 Å². The van der Waals surface area contributed by atoms with Gasteiger partial charge in [0, 0.05) is 34.1 Å². The summed E-state index contributed by atoms with van der Waals surface area (Å²) in [5, 5.41) is 9.34. The van der Waals surface area contributed by atoms with Crippen LogP contribution in [-0.4, -0.2) is 10.1 Å². The van der Waals surface area contributed by atoms with Crippen molar-refractivity contribution < 1.29 is 14.2 Å². The predicted molar refractivity (Wildman–Crippen MR) is 73.3 cm³/mol. The van der Waals surface area contributed by atoms with Gasteiger partial charge in [0.2, 0.25) is 0 Å². The molecule has 5 heteroatoms. The zero-order valence-corrected chi connectivity index (χ0v) is 11.9. The van der Waals surface area contributed by atoms with E-state index in [0.717, 1.165) is 10.0 Å². The lowest BCUT2D eigenvalue weighted by Crippen LogP contribution is -1.99. The second kappa shape index (κ2) is 6.12. The van der Waals surface area contributed by atoms with Crippen molar-refractivity contribution in [2.75, 3.05) is 0 Å². The van der Waals surface area contributed by atoms with Crippen molar-refractivity contribution >= 4 is 15.9 Å². The van der Waals surface area contributed by atoms with Crippen molar-refractivity contribution in [2.45, 2.75) is 19.6 Å². The summed E-state index contributed by atoms with van der Waals surface area (Å²) >= 11 is 3.32. The van der Waals surface area contributed by atoms with E-state index in [1.807, 2.05) is 6.07 Å². The molecule has 0 bridgehead atoms. The number of benzene rings is 1. The molecular formula is C14H13BrFNO2. The fourth-order valence-electron chi connectivity index (χ4n) is 1.64. The van der Waals surface area contributed by atoms with Gasteiger partial charge in [-0.1, -0.05) is 0 Å². The molecule has 100 valence electrons. The van der Waals surface area contributed by atoms with Crippen molar-refractivity contribution in [1.29, 1.82) is 0 Å². The van der Waals surface area contributed by atoms with Gasteiger partial charge in [0.25, 0.3) is 0 Å². The van der Waals surface area contributed by atoms with Gasteiger partial charge in [0.15, 0.2) is 0 Å². The van der Waals surface area contributed by atoms with Crippen LogP contribution in [-0.2, 0) is 6.61 Å². The number of halogens is 2. The first-order chi connectivity index (χ1) is 9.06. The van der Waals surface area contributed by atoms with Crippen LogP contribution in [0.25, 0.3) is 0 Å². The van der Waals surface area contributed by atoms with Crippen LogP contribution in [0.3, 0.4) is 0 Å². The van der Waals surface area contributed by atoms with Crippen molar-refractivity contribution in [2.24, 2.45) is 0 Å². The molecule has 0 aliphatic heterocycles. The molecule has 1 atom stereocenters. The molecule has 0 spiro atoms. The third-order valence-electron chi connectivity index (χ3n) is 2.59. The Morgan fingerprint density at radius 1 is 1.37 bits per heavy atom. The third kappa shape index (κ3) is 3.75. The molecule has 0 fully saturated rings. The lowest BCUT2D eigenvalue weighted by atomic mass is 10.1. The highest BCUT2D eigenvalue weighted by Crippen LogP contribution is 2.22. The van der Waals surface area contributed by atoms with Crippen molar-refractivity contribution in [1.82, 2.24) is 4.98 Å². The Morgan fingerprint density at radius 3 is 2.79 bits per heavy atom. The Morgan fingerprint density at radius 2 is 2.16 bits per heavy atom. The maximum Gasteiger partial charge on any atom is 0.132 e. The van der Waals surface area contributed by atoms with Gasteiger partial charge in [0.05, 0.1) is 6.10 Å². The van der Waals surface area contributed by atoms with E-state index >= 15 is 0 Å². The van der Waals surface area contributed by atoms with Gasteiger partial charge in [-0.2, -0.15) is 0 Å². The number of nitrogens with zero attached hydrogens (tertiary/aromatic N) is 1. The predicted octanol–water partition coefficient (Wildman–Crippen LogP) is 3.62. The van der Waals surface area contributed by atoms with Crippen molar-refractivity contribution in [3.8, 4) is 5.75 Å². The normalized spacial score (nSPS) is 12.2. The highest BCUT2D eigenvalue weighted by atomic mass is 79.9. The lowest BCUT2D eigenvalue weighted by molar-refractivity contribution is 0.194. The Labute approximate surface area is 119 Å². The molecule has 0 unspecified atom stereocenters. The molecule has 0 saturated carbocycles. The topological polar surface area (TPSA) is 42.4 Å². The summed E-state index contributed by atoms with van der Waals surface area (Å²) in [6, 6.07) is 6.31. The second-order valence-corrected chi connectivity index (χ2v) is 5.08. The number of pyridine rings is 1. The molecule has 0 aliphatic carbocycles. The number of ether oxygens (including phenoxy) is 1. The van der Waals surface area contributed by atoms with E-state index in [0.29, 0.717) is 12.4 Å². The summed E-state index contributed by atoms with van der Waals surface area (Å²) in [5.74, 6) is -0.0539. The summed E-state index contributed by atoms with van der Waals surface area (Å²) in [7, 11) is 0. The highest BCUT2D eigenvalue weighted by molar-refractivity contribution is 9.10. The minimum atomic E-state index is -0.830. The van der Waals surface area contributed by atoms with E-state index in [9.17, 15) is 9.50 Å². The van der Waals surface area contributed by atoms with Crippen LogP contribution in [0.5, 0.6) is 5.75 Å². The fraction of sp³-hybridized carbons (Fsp3) is 0.214. The SMILES string of the molecule is C[C@H](O)c1ccc(OCc2cncc(Br)c2)cc1F. The fourth-order valence-corrected chi connectivity index (χ4v) is 2.05. The minimum absolute atomic E-state index is 0.261. The smallest absolute Gasteiger partial charge is 0.132 e. The Kier molecular flexibility index (Phi) is 4.50. The average molecular weight is 326 g/mol. The van der Waals surface area contributed by atoms with Crippen LogP contribution in [0.15, 0.2) is 41.1 Å². The number of aliphatic hydroxyl groups excluding tert-OH is 1. The first kappa shape index (κ1) is 14.0. The van der Waals surface area contributed by atoms with Gasteiger partial charge < -0.3 is 9.84 Å². The summed E-state index contributed by atoms with van der Waals surface area (Å²) in [6.45, 7) is 1.83. The number of aliphatic hydroxyl groups is 1. The molecule has 0 saturated heterocycles. The van der Waals surface area contributed by atoms with Crippen LogP contribution in [0.1, 0.15) is 24.2 Å². The Balaban J connectivity index is 2.06. The molecule has 1 N–H and O–H groups in total. The standard InChI is InChI=1S/C14H13BrFNO2/c1-9(18)13-3-2-12(5-14(13)16)19-8-10-4-11(15)7-17-6-10/h2-7,9,18H,8H2,1H3/t9-/m0/s1. The number of aromatic nitrogens is 1. The van der Waals surface area contributed by atoms with Gasteiger partial charge in [0.1, 0.15) is 18.2 Å². The first-order valence-corrected chi connectivity index (χ1v) is 6.55. The minimum Gasteiger partial charge on any atom is -0.489 e. The molecule has 1 aromatic heterocycles. The van der Waals surface area contributed by atoms with E-state index in [4.69, 9.17) is 4.74 Å². The summed E-state index contributed by atoms with van der Waals surface area (Å²) in [6.07, 6.45) is 2.54. The van der Waals surface area contributed by atoms with E-state index < -0.39 is 11.9 Å². The molecule has 2 aromatic rings. The second-order valence-electron chi connectivity index (χ2n) is 4.16. The van der Waals surface area contributed by atoms with Gasteiger partial charge in [-0.15, -0.1) is 0 Å². The number of rotatable bonds is 4. The lowest BCUT2D eigenvalue weighted by Gasteiger charge is -2.10. The molecule has 2 rings (SSSR count). The van der Waals surface area contributed by atoms with Gasteiger partial charge >= 0.3 is 0 Å². The summed E-state index contributed by atoms with van der Waals surface area (Å²) in [5.41, 5.74) is 1.14. The number of hydrogen-bond donors (Lipinski definition) is 1. The van der Waals surface area contributed by atoms with Crippen LogP contribution in [0, 0.1) is 5.82 Å². The Bertz CT molecular complexity index is 575. The molecule has 19 heavy (non-hydrogen) atoms. The molecule has 1 heterocycles. The van der Waals surface area contributed by atoms with E-state index in [1.54, 1.807) is 18.5 Å². The zero-order chi connectivity index (χ0) is 13.8. The van der Waals surface area contributed by atoms with Crippen molar-refractivity contribution in [3.05, 3.63) is 58.1 Å². The van der Waals surface area contributed by atoms with Crippen LogP contribution in [0.4, 0.5) is 4.39 Å². The molecular weight excluding hydrogens is 313 g/mol. The maximum atomic E-state index is 13.6. The van der Waals surface area contributed by atoms with E-state index in [2.05, 4.69) is 20.9 Å². The number of hydrogen-bond acceptors (Lipinski definition) is 3. The van der Waals surface area contributed by atoms with Crippen LogP contribution in [0.2, 0.25) is 0 Å². The van der Waals surface area contributed by atoms with Crippen molar-refractivity contribution in [3.63, 3.8) is 0 Å². The molecule has 0 radical (unpaired) electrons. The van der Waals surface area contributed by atoms with Gasteiger partial charge in [-0.05, 0) is 41.1 Å². The highest BCUT2D eigenvalue weighted by Gasteiger charge is 2.09.